The van der Waals surface area contributed by atoms with Gasteiger partial charge in [-0.1, -0.05) is 6.92 Å². The summed E-state index contributed by atoms with van der Waals surface area (Å²) in [6, 6.07) is 1.51. The Morgan fingerprint density at radius 2 is 1.78 bits per heavy atom. The van der Waals surface area contributed by atoms with Crippen molar-refractivity contribution in [3.05, 3.63) is 0 Å². The van der Waals surface area contributed by atoms with Gasteiger partial charge in [0.2, 0.25) is 0 Å². The van der Waals surface area contributed by atoms with Crippen LogP contribution in [0.3, 0.4) is 0 Å². The third-order valence-corrected chi connectivity index (χ3v) is 4.46. The summed E-state index contributed by atoms with van der Waals surface area (Å²) >= 11 is 0. The Morgan fingerprint density at radius 1 is 1.00 bits per heavy atom. The molecular weight excluding hydrogens is 222 g/mol. The van der Waals surface area contributed by atoms with Crippen molar-refractivity contribution in [2.24, 2.45) is 0 Å². The summed E-state index contributed by atoms with van der Waals surface area (Å²) in [6.45, 7) is 8.73. The van der Waals surface area contributed by atoms with Crippen molar-refractivity contribution >= 4 is 0 Å². The van der Waals surface area contributed by atoms with Gasteiger partial charge in [0.15, 0.2) is 0 Å². The van der Waals surface area contributed by atoms with Crippen LogP contribution >= 0.6 is 0 Å². The van der Waals surface area contributed by atoms with Gasteiger partial charge >= 0.3 is 0 Å². The van der Waals surface area contributed by atoms with Gasteiger partial charge in [-0.3, -0.25) is 0 Å². The summed E-state index contributed by atoms with van der Waals surface area (Å²) < 4.78 is 0. The molecule has 2 aliphatic heterocycles. The van der Waals surface area contributed by atoms with Crippen molar-refractivity contribution in [1.29, 1.82) is 0 Å². The van der Waals surface area contributed by atoms with E-state index in [9.17, 15) is 0 Å². The second-order valence-electron chi connectivity index (χ2n) is 6.24. The van der Waals surface area contributed by atoms with Crippen molar-refractivity contribution in [3.63, 3.8) is 0 Å². The molecule has 0 bridgehead atoms. The van der Waals surface area contributed by atoms with E-state index in [0.29, 0.717) is 0 Å². The molecule has 2 aliphatic rings. The van der Waals surface area contributed by atoms with E-state index in [-0.39, 0.29) is 0 Å². The zero-order valence-electron chi connectivity index (χ0n) is 12.3. The minimum absolute atomic E-state index is 0.742. The van der Waals surface area contributed by atoms with Crippen LogP contribution in [0.2, 0.25) is 0 Å². The Kier molecular flexibility index (Phi) is 5.93. The van der Waals surface area contributed by atoms with Crippen molar-refractivity contribution < 1.29 is 0 Å². The highest BCUT2D eigenvalue weighted by molar-refractivity contribution is 4.82. The number of piperidine rings is 1. The fourth-order valence-electron chi connectivity index (χ4n) is 3.50. The van der Waals surface area contributed by atoms with Crippen molar-refractivity contribution in [2.45, 2.75) is 57.5 Å². The van der Waals surface area contributed by atoms with Crippen LogP contribution in [0.1, 0.15) is 45.4 Å². The highest BCUT2D eigenvalue weighted by Crippen LogP contribution is 2.15. The lowest BCUT2D eigenvalue weighted by Gasteiger charge is -2.33. The average Bonchev–Trinajstić information content (AvgIpc) is 2.56. The van der Waals surface area contributed by atoms with Gasteiger partial charge in [-0.25, -0.2) is 0 Å². The Hall–Kier alpha value is -0.120. The predicted octanol–water partition coefficient (Wildman–Crippen LogP) is 1.93. The molecule has 0 spiro atoms. The first-order valence-electron chi connectivity index (χ1n) is 7.95. The van der Waals surface area contributed by atoms with Gasteiger partial charge in [0.1, 0.15) is 0 Å². The zero-order chi connectivity index (χ0) is 12.8. The third kappa shape index (κ3) is 4.52. The van der Waals surface area contributed by atoms with Gasteiger partial charge in [-0.15, -0.1) is 0 Å². The van der Waals surface area contributed by atoms with E-state index < -0.39 is 0 Å². The van der Waals surface area contributed by atoms with E-state index in [0.717, 1.165) is 12.1 Å². The standard InChI is InChI=1S/C15H31N3/c1-3-9-18-11-5-6-14(8-12-18)16-15-7-4-10-17(2)13-15/h14-16H,3-13H2,1-2H3. The maximum Gasteiger partial charge on any atom is 0.0197 e. The SMILES string of the molecule is CCCN1CCCC(NC2CCCN(C)C2)CC1. The normalized spacial score (nSPS) is 32.3. The van der Waals surface area contributed by atoms with Crippen LogP contribution in [-0.4, -0.2) is 61.7 Å². The summed E-state index contributed by atoms with van der Waals surface area (Å²) in [7, 11) is 2.25. The number of nitrogens with one attached hydrogen (secondary N) is 1. The average molecular weight is 253 g/mol. The molecule has 0 amide bonds. The Bertz CT molecular complexity index is 232. The maximum absolute atomic E-state index is 3.92. The molecule has 0 aromatic rings. The molecule has 0 aliphatic carbocycles. The lowest BCUT2D eigenvalue weighted by molar-refractivity contribution is 0.211. The van der Waals surface area contributed by atoms with Crippen LogP contribution in [0.15, 0.2) is 0 Å². The van der Waals surface area contributed by atoms with Crippen LogP contribution in [-0.2, 0) is 0 Å². The van der Waals surface area contributed by atoms with Crippen molar-refractivity contribution in [3.8, 4) is 0 Å². The summed E-state index contributed by atoms with van der Waals surface area (Å²) in [5.41, 5.74) is 0. The summed E-state index contributed by atoms with van der Waals surface area (Å²) in [6.07, 6.45) is 8.13. The Labute approximate surface area is 113 Å². The van der Waals surface area contributed by atoms with Crippen LogP contribution < -0.4 is 5.32 Å². The molecule has 0 radical (unpaired) electrons. The monoisotopic (exact) mass is 253 g/mol. The summed E-state index contributed by atoms with van der Waals surface area (Å²) in [5.74, 6) is 0. The molecule has 2 heterocycles. The van der Waals surface area contributed by atoms with Gasteiger partial charge in [0, 0.05) is 18.6 Å². The third-order valence-electron chi connectivity index (χ3n) is 4.46. The van der Waals surface area contributed by atoms with E-state index in [1.165, 1.54) is 71.2 Å². The molecule has 0 aromatic heterocycles. The Balaban J connectivity index is 1.72. The topological polar surface area (TPSA) is 18.5 Å². The number of hydrogen-bond donors (Lipinski definition) is 1. The molecule has 3 heteroatoms. The maximum atomic E-state index is 3.92. The highest BCUT2D eigenvalue weighted by atomic mass is 15.2. The number of rotatable bonds is 4. The van der Waals surface area contributed by atoms with E-state index in [1.807, 2.05) is 0 Å². The van der Waals surface area contributed by atoms with Crippen LogP contribution in [0.4, 0.5) is 0 Å². The van der Waals surface area contributed by atoms with Gasteiger partial charge in [-0.05, 0) is 71.8 Å². The largest absolute Gasteiger partial charge is 0.310 e. The molecule has 2 rings (SSSR count). The fraction of sp³-hybridized carbons (Fsp3) is 1.00. The molecule has 0 saturated carbocycles. The molecular formula is C15H31N3. The summed E-state index contributed by atoms with van der Waals surface area (Å²) in [4.78, 5) is 5.12. The fourth-order valence-corrected chi connectivity index (χ4v) is 3.50. The van der Waals surface area contributed by atoms with Crippen molar-refractivity contribution in [1.82, 2.24) is 15.1 Å². The number of likely N-dealkylation sites (tertiary alicyclic amines) is 2. The number of likely N-dealkylation sites (N-methyl/N-ethyl adjacent to an activating group) is 1. The minimum atomic E-state index is 0.742. The van der Waals surface area contributed by atoms with Gasteiger partial charge < -0.3 is 15.1 Å². The van der Waals surface area contributed by atoms with Gasteiger partial charge in [0.25, 0.3) is 0 Å². The number of nitrogens with zero attached hydrogens (tertiary/aromatic N) is 2. The molecule has 2 atom stereocenters. The molecule has 2 saturated heterocycles. The van der Waals surface area contributed by atoms with E-state index in [2.05, 4.69) is 29.1 Å². The molecule has 1 N–H and O–H groups in total. The van der Waals surface area contributed by atoms with Crippen LogP contribution in [0.25, 0.3) is 0 Å². The molecule has 0 aromatic carbocycles. The first-order chi connectivity index (χ1) is 8.78. The van der Waals surface area contributed by atoms with Crippen LogP contribution in [0, 0.1) is 0 Å². The van der Waals surface area contributed by atoms with Gasteiger partial charge in [-0.2, -0.15) is 0 Å². The van der Waals surface area contributed by atoms with E-state index >= 15 is 0 Å². The first kappa shape index (κ1) is 14.3. The van der Waals surface area contributed by atoms with Crippen LogP contribution in [0.5, 0.6) is 0 Å². The van der Waals surface area contributed by atoms with E-state index in [4.69, 9.17) is 0 Å². The molecule has 2 fully saturated rings. The molecule has 18 heavy (non-hydrogen) atoms. The lowest BCUT2D eigenvalue weighted by Crippen LogP contribution is -2.48. The second-order valence-corrected chi connectivity index (χ2v) is 6.24. The van der Waals surface area contributed by atoms with E-state index in [1.54, 1.807) is 0 Å². The minimum Gasteiger partial charge on any atom is -0.310 e. The lowest BCUT2D eigenvalue weighted by atomic mass is 10.0. The predicted molar refractivity (Wildman–Crippen MR) is 78.0 cm³/mol. The zero-order valence-corrected chi connectivity index (χ0v) is 12.3. The number of hydrogen-bond acceptors (Lipinski definition) is 3. The second kappa shape index (κ2) is 7.46. The Morgan fingerprint density at radius 3 is 2.56 bits per heavy atom. The molecule has 106 valence electrons. The smallest absolute Gasteiger partial charge is 0.0197 e. The van der Waals surface area contributed by atoms with Crippen molar-refractivity contribution in [2.75, 3.05) is 39.8 Å². The molecule has 2 unspecified atom stereocenters. The first-order valence-corrected chi connectivity index (χ1v) is 7.95. The molecule has 3 nitrogen and oxygen atoms in total. The van der Waals surface area contributed by atoms with Gasteiger partial charge in [0.05, 0.1) is 0 Å². The highest BCUT2D eigenvalue weighted by Gasteiger charge is 2.22. The summed E-state index contributed by atoms with van der Waals surface area (Å²) in [5, 5.41) is 3.92. The quantitative estimate of drug-likeness (QED) is 0.826.